The summed E-state index contributed by atoms with van der Waals surface area (Å²) in [5, 5.41) is 4.15. The number of carbonyl (C=O) groups is 1. The van der Waals surface area contributed by atoms with Crippen molar-refractivity contribution in [3.8, 4) is 0 Å². The molecule has 30 heavy (non-hydrogen) atoms. The summed E-state index contributed by atoms with van der Waals surface area (Å²) in [7, 11) is 0. The Morgan fingerprint density at radius 2 is 1.73 bits per heavy atom. The minimum absolute atomic E-state index is 0.178. The summed E-state index contributed by atoms with van der Waals surface area (Å²) < 4.78 is 11.0. The first-order valence-corrected chi connectivity index (χ1v) is 12.2. The number of ether oxygens (including phenoxy) is 1. The van der Waals surface area contributed by atoms with Gasteiger partial charge in [-0.1, -0.05) is 18.0 Å². The van der Waals surface area contributed by atoms with Crippen molar-refractivity contribution in [2.45, 2.75) is 82.7 Å². The SMILES string of the molecule is O=C(C1CCOCC1)N1CCCCC[C@H]1C1CCN(Cc2nc(C3CC3)no2)CC1. The Morgan fingerprint density at radius 3 is 2.50 bits per heavy atom. The fourth-order valence-electron chi connectivity index (χ4n) is 5.60. The van der Waals surface area contributed by atoms with E-state index in [0.29, 0.717) is 23.8 Å². The van der Waals surface area contributed by atoms with Gasteiger partial charge in [-0.2, -0.15) is 4.98 Å². The maximum absolute atomic E-state index is 13.4. The third-order valence-electron chi connectivity index (χ3n) is 7.61. The molecule has 3 aliphatic heterocycles. The molecule has 1 aliphatic carbocycles. The fraction of sp³-hybridized carbons (Fsp3) is 0.870. The van der Waals surface area contributed by atoms with Crippen LogP contribution in [0.25, 0.3) is 0 Å². The van der Waals surface area contributed by atoms with Crippen LogP contribution in [-0.2, 0) is 16.1 Å². The van der Waals surface area contributed by atoms with E-state index in [9.17, 15) is 4.79 Å². The second-order valence-electron chi connectivity index (χ2n) is 9.77. The van der Waals surface area contributed by atoms with Gasteiger partial charge in [-0.25, -0.2) is 0 Å². The molecule has 0 radical (unpaired) electrons. The standard InChI is InChI=1S/C23H36N4O3/c28-23(19-9-14-29-15-10-19)27-11-3-1-2-4-20(27)17-7-12-26(13-8-17)16-21-24-22(25-30-21)18-5-6-18/h17-20H,1-16H2/t20-/m0/s1. The van der Waals surface area contributed by atoms with Crippen molar-refractivity contribution in [3.05, 3.63) is 11.7 Å². The summed E-state index contributed by atoms with van der Waals surface area (Å²) in [4.78, 5) is 22.7. The molecule has 0 spiro atoms. The number of hydrogen-bond acceptors (Lipinski definition) is 6. The maximum atomic E-state index is 13.4. The van der Waals surface area contributed by atoms with Crippen LogP contribution in [0.5, 0.6) is 0 Å². The molecule has 4 heterocycles. The highest BCUT2D eigenvalue weighted by molar-refractivity contribution is 5.79. The molecule has 1 aromatic heterocycles. The van der Waals surface area contributed by atoms with E-state index in [2.05, 4.69) is 19.9 Å². The van der Waals surface area contributed by atoms with Crippen LogP contribution in [0.15, 0.2) is 4.52 Å². The van der Waals surface area contributed by atoms with Crippen LogP contribution in [0.4, 0.5) is 0 Å². The molecule has 7 heteroatoms. The van der Waals surface area contributed by atoms with Gasteiger partial charge in [0.15, 0.2) is 5.82 Å². The van der Waals surface area contributed by atoms with Crippen LogP contribution in [0, 0.1) is 11.8 Å². The summed E-state index contributed by atoms with van der Waals surface area (Å²) in [6, 6.07) is 0.426. The Labute approximate surface area is 179 Å². The van der Waals surface area contributed by atoms with Crippen molar-refractivity contribution in [2.75, 3.05) is 32.8 Å². The number of carbonyl (C=O) groups excluding carboxylic acids is 1. The largest absolute Gasteiger partial charge is 0.381 e. The topological polar surface area (TPSA) is 71.7 Å². The van der Waals surface area contributed by atoms with Crippen LogP contribution in [-0.4, -0.2) is 64.7 Å². The number of amides is 1. The van der Waals surface area contributed by atoms with E-state index in [1.54, 1.807) is 0 Å². The van der Waals surface area contributed by atoms with Crippen LogP contribution in [0.1, 0.15) is 81.8 Å². The molecular weight excluding hydrogens is 380 g/mol. The first kappa shape index (κ1) is 20.4. The highest BCUT2D eigenvalue weighted by Gasteiger charge is 2.37. The first-order valence-electron chi connectivity index (χ1n) is 12.2. The van der Waals surface area contributed by atoms with Gasteiger partial charge < -0.3 is 14.2 Å². The van der Waals surface area contributed by atoms with Gasteiger partial charge in [0, 0.05) is 37.6 Å². The van der Waals surface area contributed by atoms with Gasteiger partial charge in [-0.05, 0) is 70.4 Å². The van der Waals surface area contributed by atoms with Crippen LogP contribution < -0.4 is 0 Å². The van der Waals surface area contributed by atoms with Gasteiger partial charge in [0.05, 0.1) is 6.54 Å². The van der Waals surface area contributed by atoms with Gasteiger partial charge in [0.25, 0.3) is 0 Å². The highest BCUT2D eigenvalue weighted by Crippen LogP contribution is 2.38. The zero-order chi connectivity index (χ0) is 20.3. The predicted octanol–water partition coefficient (Wildman–Crippen LogP) is 3.36. The third kappa shape index (κ3) is 4.72. The second kappa shape index (κ2) is 9.35. The molecular formula is C23H36N4O3. The Balaban J connectivity index is 1.17. The molecule has 4 aliphatic rings. The lowest BCUT2D eigenvalue weighted by Crippen LogP contribution is -2.50. The first-order chi connectivity index (χ1) is 14.8. The summed E-state index contributed by atoms with van der Waals surface area (Å²) in [5.41, 5.74) is 0. The molecule has 5 rings (SSSR count). The fourth-order valence-corrected chi connectivity index (χ4v) is 5.60. The molecule has 1 atom stereocenters. The van der Waals surface area contributed by atoms with E-state index < -0.39 is 0 Å². The molecule has 0 aromatic carbocycles. The lowest BCUT2D eigenvalue weighted by atomic mass is 9.85. The van der Waals surface area contributed by atoms with E-state index in [1.165, 1.54) is 32.1 Å². The van der Waals surface area contributed by atoms with Crippen molar-refractivity contribution < 1.29 is 14.1 Å². The molecule has 1 amide bonds. The summed E-state index contributed by atoms with van der Waals surface area (Å²) in [6.45, 7) is 5.31. The minimum atomic E-state index is 0.178. The molecule has 166 valence electrons. The zero-order valence-electron chi connectivity index (χ0n) is 18.1. The Bertz CT molecular complexity index is 705. The van der Waals surface area contributed by atoms with Gasteiger partial charge in [0.1, 0.15) is 0 Å². The van der Waals surface area contributed by atoms with Crippen molar-refractivity contribution in [3.63, 3.8) is 0 Å². The molecule has 0 unspecified atom stereocenters. The van der Waals surface area contributed by atoms with Gasteiger partial charge in [0.2, 0.25) is 11.8 Å². The maximum Gasteiger partial charge on any atom is 0.240 e. The zero-order valence-corrected chi connectivity index (χ0v) is 18.1. The summed E-state index contributed by atoms with van der Waals surface area (Å²) in [5.74, 6) is 3.42. The quantitative estimate of drug-likeness (QED) is 0.733. The third-order valence-corrected chi connectivity index (χ3v) is 7.61. The average Bonchev–Trinajstić information content (AvgIpc) is 3.58. The van der Waals surface area contributed by atoms with Crippen LogP contribution in [0.3, 0.4) is 0 Å². The predicted molar refractivity (Wildman–Crippen MR) is 112 cm³/mol. The smallest absolute Gasteiger partial charge is 0.240 e. The summed E-state index contributed by atoms with van der Waals surface area (Å²) in [6.07, 6.45) is 11.4. The van der Waals surface area contributed by atoms with E-state index in [1.807, 2.05) is 0 Å². The number of aromatic nitrogens is 2. The monoisotopic (exact) mass is 416 g/mol. The van der Waals surface area contributed by atoms with E-state index >= 15 is 0 Å². The Morgan fingerprint density at radius 1 is 0.933 bits per heavy atom. The van der Waals surface area contributed by atoms with Crippen LogP contribution >= 0.6 is 0 Å². The molecule has 4 fully saturated rings. The van der Waals surface area contributed by atoms with E-state index in [4.69, 9.17) is 9.26 Å². The number of rotatable bonds is 5. The second-order valence-corrected chi connectivity index (χ2v) is 9.77. The molecule has 1 saturated carbocycles. The number of likely N-dealkylation sites (tertiary alicyclic amines) is 2. The lowest BCUT2D eigenvalue weighted by molar-refractivity contribution is -0.142. The molecule has 0 N–H and O–H groups in total. The lowest BCUT2D eigenvalue weighted by Gasteiger charge is -2.42. The minimum Gasteiger partial charge on any atom is -0.381 e. The van der Waals surface area contributed by atoms with E-state index in [-0.39, 0.29) is 5.92 Å². The van der Waals surface area contributed by atoms with E-state index in [0.717, 1.165) is 83.2 Å². The normalized spacial score (nSPS) is 27.9. The van der Waals surface area contributed by atoms with Gasteiger partial charge in [-0.3, -0.25) is 9.69 Å². The van der Waals surface area contributed by atoms with Crippen molar-refractivity contribution in [2.24, 2.45) is 11.8 Å². The van der Waals surface area contributed by atoms with Crippen molar-refractivity contribution >= 4 is 5.91 Å². The molecule has 1 aromatic rings. The average molecular weight is 417 g/mol. The summed E-state index contributed by atoms with van der Waals surface area (Å²) >= 11 is 0. The van der Waals surface area contributed by atoms with Gasteiger partial charge >= 0.3 is 0 Å². The van der Waals surface area contributed by atoms with Crippen molar-refractivity contribution in [1.82, 2.24) is 19.9 Å². The number of piperidine rings is 1. The highest BCUT2D eigenvalue weighted by atomic mass is 16.5. The molecule has 3 saturated heterocycles. The number of nitrogens with zero attached hydrogens (tertiary/aromatic N) is 4. The van der Waals surface area contributed by atoms with Crippen molar-refractivity contribution in [1.29, 1.82) is 0 Å². The number of hydrogen-bond donors (Lipinski definition) is 0. The Hall–Kier alpha value is -1.47. The molecule has 7 nitrogen and oxygen atoms in total. The molecule has 0 bridgehead atoms. The van der Waals surface area contributed by atoms with Crippen LogP contribution in [0.2, 0.25) is 0 Å². The Kier molecular flexibility index (Phi) is 6.37. The van der Waals surface area contributed by atoms with Gasteiger partial charge in [-0.15, -0.1) is 0 Å².